The molecule has 0 aliphatic heterocycles. The zero-order chi connectivity index (χ0) is 17.7. The minimum absolute atomic E-state index is 0.0775. The Morgan fingerprint density at radius 3 is 2.50 bits per heavy atom. The Kier molecular flexibility index (Phi) is 5.58. The van der Waals surface area contributed by atoms with Crippen molar-refractivity contribution in [2.24, 2.45) is 0 Å². The lowest BCUT2D eigenvalue weighted by molar-refractivity contribution is -0.116. The van der Waals surface area contributed by atoms with Crippen molar-refractivity contribution in [1.29, 1.82) is 0 Å². The number of methoxy groups -OCH3 is 1. The molecule has 0 aliphatic carbocycles. The number of amides is 1. The van der Waals surface area contributed by atoms with Gasteiger partial charge in [0, 0.05) is 12.6 Å². The fourth-order valence-corrected chi connectivity index (χ4v) is 2.73. The third kappa shape index (κ3) is 5.07. The Morgan fingerprint density at radius 2 is 2.00 bits per heavy atom. The van der Waals surface area contributed by atoms with Crippen LogP contribution in [0.5, 0.6) is 5.75 Å². The van der Waals surface area contributed by atoms with E-state index in [2.05, 4.69) is 10.5 Å². The number of hydrogen-bond donors (Lipinski definition) is 1. The van der Waals surface area contributed by atoms with Gasteiger partial charge in [0.05, 0.1) is 19.9 Å². The molecular weight excluding hydrogens is 334 g/mol. The van der Waals surface area contributed by atoms with E-state index in [4.69, 9.17) is 9.26 Å². The first kappa shape index (κ1) is 18.0. The van der Waals surface area contributed by atoms with E-state index in [1.807, 2.05) is 0 Å². The zero-order valence-corrected chi connectivity index (χ0v) is 14.5. The molecule has 1 aromatic heterocycles. The second-order valence-corrected chi connectivity index (χ2v) is 7.23. The third-order valence-electron chi connectivity index (χ3n) is 3.20. The Bertz CT molecular complexity index is 799. The maximum Gasteiger partial charge on any atom is 0.240 e. The predicted octanol–water partition coefficient (Wildman–Crippen LogP) is 1.39. The van der Waals surface area contributed by atoms with Gasteiger partial charge in [-0.3, -0.25) is 4.79 Å². The number of carbonyl (C=O) groups is 1. The Balaban J connectivity index is 2.06. The summed E-state index contributed by atoms with van der Waals surface area (Å²) in [5.74, 6) is 0.963. The molecule has 130 valence electrons. The summed E-state index contributed by atoms with van der Waals surface area (Å²) in [5, 5.41) is 6.14. The number of nitrogens with zero attached hydrogens (tertiary/aromatic N) is 2. The van der Waals surface area contributed by atoms with E-state index in [0.717, 1.165) is 16.1 Å². The molecule has 9 heteroatoms. The maximum atomic E-state index is 12.1. The molecule has 2 aromatic rings. The molecule has 2 rings (SSSR count). The van der Waals surface area contributed by atoms with Crippen molar-refractivity contribution in [3.63, 3.8) is 0 Å². The molecule has 1 N–H and O–H groups in total. The quantitative estimate of drug-likeness (QED) is 0.807. The number of sulfonamides is 1. The lowest BCUT2D eigenvalue weighted by Crippen LogP contribution is -2.36. The number of anilines is 1. The summed E-state index contributed by atoms with van der Waals surface area (Å²) in [7, 11) is -2.01. The van der Waals surface area contributed by atoms with E-state index in [1.54, 1.807) is 44.4 Å². The van der Waals surface area contributed by atoms with Crippen LogP contribution < -0.4 is 10.1 Å². The largest absolute Gasteiger partial charge is 0.497 e. The first-order valence-electron chi connectivity index (χ1n) is 7.09. The first-order chi connectivity index (χ1) is 11.3. The molecule has 0 spiro atoms. The van der Waals surface area contributed by atoms with Crippen molar-refractivity contribution in [3.05, 3.63) is 41.7 Å². The number of aryl methyl sites for hydroxylation is 1. The van der Waals surface area contributed by atoms with Crippen molar-refractivity contribution in [1.82, 2.24) is 9.46 Å². The summed E-state index contributed by atoms with van der Waals surface area (Å²) < 4.78 is 34.9. The number of ether oxygens (including phenoxy) is 1. The fraction of sp³-hybridized carbons (Fsp3) is 0.333. The fourth-order valence-electron chi connectivity index (χ4n) is 1.99. The van der Waals surface area contributed by atoms with Crippen LogP contribution in [0.15, 0.2) is 34.9 Å². The molecule has 1 amide bonds. The summed E-state index contributed by atoms with van der Waals surface area (Å²) >= 11 is 0. The molecule has 1 heterocycles. The molecule has 0 saturated carbocycles. The van der Waals surface area contributed by atoms with E-state index in [-0.39, 0.29) is 18.9 Å². The third-order valence-corrected chi connectivity index (χ3v) is 4.40. The predicted molar refractivity (Wildman–Crippen MR) is 88.1 cm³/mol. The van der Waals surface area contributed by atoms with Crippen LogP contribution in [-0.4, -0.2) is 43.7 Å². The monoisotopic (exact) mass is 353 g/mol. The van der Waals surface area contributed by atoms with E-state index in [1.165, 1.54) is 0 Å². The number of benzene rings is 1. The average Bonchev–Trinajstić information content (AvgIpc) is 2.91. The summed E-state index contributed by atoms with van der Waals surface area (Å²) in [6, 6.07) is 8.50. The van der Waals surface area contributed by atoms with Gasteiger partial charge in [-0.2, -0.15) is 4.31 Å². The zero-order valence-electron chi connectivity index (χ0n) is 13.6. The molecule has 0 unspecified atom stereocenters. The standard InChI is InChI=1S/C15H19N3O5S/c1-11-8-14(17-23-11)16-15(19)10-18(24(3,20)21)9-12-4-6-13(22-2)7-5-12/h4-8H,9-10H2,1-3H3,(H,16,17,19). The van der Waals surface area contributed by atoms with E-state index >= 15 is 0 Å². The summed E-state index contributed by atoms with van der Waals surface area (Å²) in [6.07, 6.45) is 1.06. The van der Waals surface area contributed by atoms with Gasteiger partial charge in [0.2, 0.25) is 15.9 Å². The maximum absolute atomic E-state index is 12.1. The Morgan fingerprint density at radius 1 is 1.33 bits per heavy atom. The van der Waals surface area contributed by atoms with Gasteiger partial charge in [0.1, 0.15) is 11.5 Å². The molecule has 0 aliphatic rings. The second-order valence-electron chi connectivity index (χ2n) is 5.25. The van der Waals surface area contributed by atoms with Gasteiger partial charge in [0.25, 0.3) is 0 Å². The molecule has 0 atom stereocenters. The normalized spacial score (nSPS) is 11.5. The van der Waals surface area contributed by atoms with Crippen LogP contribution in [0.2, 0.25) is 0 Å². The molecule has 0 saturated heterocycles. The van der Waals surface area contributed by atoms with Crippen LogP contribution in [0.25, 0.3) is 0 Å². The molecule has 8 nitrogen and oxygen atoms in total. The highest BCUT2D eigenvalue weighted by molar-refractivity contribution is 7.88. The number of nitrogens with one attached hydrogen (secondary N) is 1. The first-order valence-corrected chi connectivity index (χ1v) is 8.94. The number of aromatic nitrogens is 1. The Hall–Kier alpha value is -2.39. The van der Waals surface area contributed by atoms with Crippen LogP contribution in [0.3, 0.4) is 0 Å². The molecule has 0 bridgehead atoms. The molecule has 24 heavy (non-hydrogen) atoms. The summed E-state index contributed by atoms with van der Waals surface area (Å²) in [4.78, 5) is 12.1. The molecular formula is C15H19N3O5S. The van der Waals surface area contributed by atoms with Crippen molar-refractivity contribution < 1.29 is 22.5 Å². The highest BCUT2D eigenvalue weighted by Crippen LogP contribution is 2.15. The molecule has 0 fully saturated rings. The topological polar surface area (TPSA) is 102 Å². The number of hydrogen-bond acceptors (Lipinski definition) is 6. The average molecular weight is 353 g/mol. The second kappa shape index (κ2) is 7.45. The number of carbonyl (C=O) groups excluding carboxylic acids is 1. The van der Waals surface area contributed by atoms with Crippen LogP contribution in [0.1, 0.15) is 11.3 Å². The summed E-state index contributed by atoms with van der Waals surface area (Å²) in [6.45, 7) is 1.44. The molecule has 1 aromatic carbocycles. The van der Waals surface area contributed by atoms with Gasteiger partial charge in [-0.05, 0) is 24.6 Å². The smallest absolute Gasteiger partial charge is 0.240 e. The van der Waals surface area contributed by atoms with Crippen LogP contribution in [0, 0.1) is 6.92 Å². The van der Waals surface area contributed by atoms with Crippen LogP contribution in [0.4, 0.5) is 5.82 Å². The van der Waals surface area contributed by atoms with Gasteiger partial charge >= 0.3 is 0 Å². The van der Waals surface area contributed by atoms with E-state index < -0.39 is 15.9 Å². The lowest BCUT2D eigenvalue weighted by atomic mass is 10.2. The lowest BCUT2D eigenvalue weighted by Gasteiger charge is -2.19. The minimum Gasteiger partial charge on any atom is -0.497 e. The Labute approximate surface area is 140 Å². The van der Waals surface area contributed by atoms with Crippen LogP contribution in [-0.2, 0) is 21.4 Å². The van der Waals surface area contributed by atoms with Gasteiger partial charge in [-0.15, -0.1) is 0 Å². The SMILES string of the molecule is COc1ccc(CN(CC(=O)Nc2cc(C)on2)S(C)(=O)=O)cc1. The van der Waals surface area contributed by atoms with Gasteiger partial charge < -0.3 is 14.6 Å². The molecule has 0 radical (unpaired) electrons. The van der Waals surface area contributed by atoms with E-state index in [9.17, 15) is 13.2 Å². The van der Waals surface area contributed by atoms with E-state index in [0.29, 0.717) is 11.5 Å². The highest BCUT2D eigenvalue weighted by atomic mass is 32.2. The van der Waals surface area contributed by atoms with Crippen molar-refractivity contribution in [2.45, 2.75) is 13.5 Å². The van der Waals surface area contributed by atoms with Crippen molar-refractivity contribution in [3.8, 4) is 5.75 Å². The van der Waals surface area contributed by atoms with Gasteiger partial charge in [-0.1, -0.05) is 17.3 Å². The highest BCUT2D eigenvalue weighted by Gasteiger charge is 2.21. The van der Waals surface area contributed by atoms with Crippen molar-refractivity contribution >= 4 is 21.7 Å². The minimum atomic E-state index is -3.56. The van der Waals surface area contributed by atoms with Gasteiger partial charge in [-0.25, -0.2) is 8.42 Å². The number of rotatable bonds is 7. The summed E-state index contributed by atoms with van der Waals surface area (Å²) in [5.41, 5.74) is 0.742. The van der Waals surface area contributed by atoms with Crippen LogP contribution >= 0.6 is 0 Å². The van der Waals surface area contributed by atoms with Gasteiger partial charge in [0.15, 0.2) is 5.82 Å². The van der Waals surface area contributed by atoms with Crippen molar-refractivity contribution in [2.75, 3.05) is 25.2 Å².